The molecule has 0 aliphatic carbocycles. The number of aryl methyl sites for hydroxylation is 4. The second kappa shape index (κ2) is 19.9. The van der Waals surface area contributed by atoms with Crippen LogP contribution in [0.15, 0.2) is 71.9 Å². The largest absolute Gasteiger partial charge is 0.459 e. The monoisotopic (exact) mass is 761 g/mol. The number of benzene rings is 2. The fourth-order valence-corrected chi connectivity index (χ4v) is 6.03. The molecule has 14 nitrogen and oxygen atoms in total. The van der Waals surface area contributed by atoms with Gasteiger partial charge in [0, 0.05) is 36.6 Å². The molecule has 0 aliphatic heterocycles. The highest BCUT2D eigenvalue weighted by Gasteiger charge is 2.22. The number of fused-ring (bicyclic) bond motifs is 1. The smallest absolute Gasteiger partial charge is 0.435 e. The standard InChI is InChI=1S/C42H51N9O5/c1-6-7-8-9-10-13-24-55-42(54)49-40(43)31-15-18-33(19-16-31)45-26-38-48-34-25-32(17-20-36(34)50(38)5)41(53)51(37-14-11-12-22-44-37)23-21-39(52)56-27-35-30(4)46-28(2)29(3)47-35/h11-12,14-20,22,25,45H,6-10,13,21,23-24,26-27H2,1-5H3,(H2,43,49,54). The van der Waals surface area contributed by atoms with E-state index in [1.54, 1.807) is 48.7 Å². The summed E-state index contributed by atoms with van der Waals surface area (Å²) < 4.78 is 12.7. The first-order chi connectivity index (χ1) is 27.0. The van der Waals surface area contributed by atoms with Crippen LogP contribution in [0.1, 0.15) is 96.4 Å². The number of hydrogen-bond donors (Lipinski definition) is 2. The van der Waals surface area contributed by atoms with Crippen molar-refractivity contribution in [3.63, 3.8) is 0 Å². The number of aromatic nitrogens is 5. The van der Waals surface area contributed by atoms with E-state index in [-0.39, 0.29) is 31.3 Å². The second-order valence-corrected chi connectivity index (χ2v) is 13.6. The highest BCUT2D eigenvalue weighted by molar-refractivity contribution is 6.07. The molecule has 0 saturated carbocycles. The molecule has 2 amide bonds. The van der Waals surface area contributed by atoms with Crippen LogP contribution in [0.25, 0.3) is 11.0 Å². The number of rotatable bonds is 18. The minimum Gasteiger partial charge on any atom is -0.459 e. The van der Waals surface area contributed by atoms with E-state index in [1.807, 2.05) is 50.6 Å². The van der Waals surface area contributed by atoms with Crippen LogP contribution in [0.3, 0.4) is 0 Å². The minimum absolute atomic E-state index is 0.00391. The average Bonchev–Trinajstić information content (AvgIpc) is 3.52. The maximum Gasteiger partial charge on any atom is 0.435 e. The Kier molecular flexibility index (Phi) is 14.6. The third-order valence-electron chi connectivity index (χ3n) is 9.45. The van der Waals surface area contributed by atoms with Crippen molar-refractivity contribution >= 4 is 46.3 Å². The molecule has 56 heavy (non-hydrogen) atoms. The molecule has 0 radical (unpaired) electrons. The molecule has 0 aliphatic rings. The molecular weight excluding hydrogens is 711 g/mol. The Morgan fingerprint density at radius 2 is 1.59 bits per heavy atom. The molecule has 0 bridgehead atoms. The zero-order valence-corrected chi connectivity index (χ0v) is 32.9. The number of esters is 1. The lowest BCUT2D eigenvalue weighted by Gasteiger charge is -2.21. The Morgan fingerprint density at radius 1 is 0.857 bits per heavy atom. The number of nitrogens with one attached hydrogen (secondary N) is 1. The van der Waals surface area contributed by atoms with Crippen LogP contribution in [0.4, 0.5) is 16.3 Å². The zero-order chi connectivity index (χ0) is 40.0. The van der Waals surface area contributed by atoms with Crippen molar-refractivity contribution < 1.29 is 23.9 Å². The Balaban J connectivity index is 1.18. The number of anilines is 2. The van der Waals surface area contributed by atoms with E-state index in [9.17, 15) is 14.4 Å². The molecule has 0 spiro atoms. The molecule has 294 valence electrons. The van der Waals surface area contributed by atoms with Gasteiger partial charge in [-0.25, -0.2) is 14.8 Å². The quantitative estimate of drug-likeness (QED) is 0.0397. The van der Waals surface area contributed by atoms with Gasteiger partial charge in [0.05, 0.1) is 53.4 Å². The zero-order valence-electron chi connectivity index (χ0n) is 32.9. The number of pyridine rings is 1. The van der Waals surface area contributed by atoms with Crippen LogP contribution in [0.5, 0.6) is 0 Å². The number of nitrogens with two attached hydrogens (primary N) is 1. The molecule has 0 unspecified atom stereocenters. The molecule has 0 atom stereocenters. The number of imidazole rings is 1. The highest BCUT2D eigenvalue weighted by Crippen LogP contribution is 2.22. The molecular formula is C42H51N9O5. The Bertz CT molecular complexity index is 2150. The number of amidine groups is 1. The molecule has 5 aromatic rings. The van der Waals surface area contributed by atoms with Gasteiger partial charge in [-0.05, 0) is 81.8 Å². The van der Waals surface area contributed by atoms with Crippen LogP contribution in [-0.2, 0) is 34.5 Å². The minimum atomic E-state index is -0.690. The fraction of sp³-hybridized carbons (Fsp3) is 0.381. The number of hydrogen-bond acceptors (Lipinski definition) is 10. The molecule has 3 aromatic heterocycles. The summed E-state index contributed by atoms with van der Waals surface area (Å²) in [6, 6.07) is 17.9. The summed E-state index contributed by atoms with van der Waals surface area (Å²) in [6.45, 7) is 8.54. The maximum atomic E-state index is 14.0. The molecule has 2 aromatic carbocycles. The van der Waals surface area contributed by atoms with E-state index in [4.69, 9.17) is 20.2 Å². The van der Waals surface area contributed by atoms with Gasteiger partial charge in [0.2, 0.25) is 0 Å². The SMILES string of the molecule is CCCCCCCCOC(=O)/N=C(\N)c1ccc(NCc2nc3cc(C(=O)N(CCC(=O)OCc4nc(C)c(C)nc4C)c4ccccn4)ccc3n2C)cc1. The van der Waals surface area contributed by atoms with E-state index in [2.05, 4.69) is 32.2 Å². The fourth-order valence-electron chi connectivity index (χ4n) is 6.03. The van der Waals surface area contributed by atoms with E-state index >= 15 is 0 Å². The van der Waals surface area contributed by atoms with Gasteiger partial charge in [0.25, 0.3) is 5.91 Å². The number of amides is 2. The van der Waals surface area contributed by atoms with Crippen LogP contribution < -0.4 is 16.0 Å². The Morgan fingerprint density at radius 3 is 2.34 bits per heavy atom. The van der Waals surface area contributed by atoms with Gasteiger partial charge >= 0.3 is 12.1 Å². The van der Waals surface area contributed by atoms with Crippen molar-refractivity contribution in [2.75, 3.05) is 23.4 Å². The van der Waals surface area contributed by atoms with Crippen LogP contribution >= 0.6 is 0 Å². The lowest BCUT2D eigenvalue weighted by atomic mass is 10.1. The van der Waals surface area contributed by atoms with Gasteiger partial charge in [0.15, 0.2) is 0 Å². The summed E-state index contributed by atoms with van der Waals surface area (Å²) in [4.78, 5) is 62.4. The lowest BCUT2D eigenvalue weighted by molar-refractivity contribution is -0.144. The normalized spacial score (nSPS) is 11.4. The number of carbonyl (C=O) groups is 3. The number of aliphatic imine (C=N–C) groups is 1. The van der Waals surface area contributed by atoms with Gasteiger partial charge in [0.1, 0.15) is 24.1 Å². The summed E-state index contributed by atoms with van der Waals surface area (Å²) in [5, 5.41) is 3.37. The molecule has 3 heterocycles. The molecule has 0 saturated heterocycles. The Labute approximate surface area is 327 Å². The average molecular weight is 762 g/mol. The summed E-state index contributed by atoms with van der Waals surface area (Å²) in [7, 11) is 1.91. The van der Waals surface area contributed by atoms with Crippen LogP contribution in [0, 0.1) is 20.8 Å². The summed E-state index contributed by atoms with van der Waals surface area (Å²) >= 11 is 0. The molecule has 3 N–H and O–H groups in total. The van der Waals surface area contributed by atoms with Gasteiger partial charge in [-0.3, -0.25) is 24.5 Å². The molecule has 5 rings (SSSR count). The first-order valence-electron chi connectivity index (χ1n) is 19.0. The summed E-state index contributed by atoms with van der Waals surface area (Å²) in [5.41, 5.74) is 12.3. The predicted octanol–water partition coefficient (Wildman–Crippen LogP) is 7.28. The first kappa shape index (κ1) is 41.0. The van der Waals surface area contributed by atoms with E-state index in [1.165, 1.54) is 24.2 Å². The lowest BCUT2D eigenvalue weighted by Crippen LogP contribution is -2.34. The van der Waals surface area contributed by atoms with Crippen molar-refractivity contribution in [3.8, 4) is 0 Å². The van der Waals surface area contributed by atoms with E-state index in [0.29, 0.717) is 47.0 Å². The third kappa shape index (κ3) is 11.2. The van der Waals surface area contributed by atoms with Crippen molar-refractivity contribution in [2.24, 2.45) is 17.8 Å². The summed E-state index contributed by atoms with van der Waals surface area (Å²) in [5.74, 6) is 0.449. The Hall–Kier alpha value is -6.18. The molecule has 14 heteroatoms. The van der Waals surface area contributed by atoms with Crippen molar-refractivity contribution in [1.82, 2.24) is 24.5 Å². The highest BCUT2D eigenvalue weighted by atomic mass is 16.5. The van der Waals surface area contributed by atoms with Gasteiger partial charge in [-0.1, -0.05) is 45.1 Å². The number of nitrogens with zero attached hydrogens (tertiary/aromatic N) is 7. The second-order valence-electron chi connectivity index (χ2n) is 13.6. The number of carbonyl (C=O) groups excluding carboxylic acids is 3. The van der Waals surface area contributed by atoms with Crippen molar-refractivity contribution in [2.45, 2.75) is 85.8 Å². The van der Waals surface area contributed by atoms with Crippen LogP contribution in [0.2, 0.25) is 0 Å². The third-order valence-corrected chi connectivity index (χ3v) is 9.45. The van der Waals surface area contributed by atoms with Gasteiger partial charge in [-0.15, -0.1) is 0 Å². The first-order valence-corrected chi connectivity index (χ1v) is 19.0. The van der Waals surface area contributed by atoms with Crippen LogP contribution in [-0.4, -0.2) is 61.5 Å². The van der Waals surface area contributed by atoms with Gasteiger partial charge < -0.3 is 25.1 Å². The van der Waals surface area contributed by atoms with E-state index in [0.717, 1.165) is 47.7 Å². The summed E-state index contributed by atoms with van der Waals surface area (Å²) in [6.07, 6.45) is 7.45. The van der Waals surface area contributed by atoms with Gasteiger partial charge in [-0.2, -0.15) is 4.99 Å². The maximum absolute atomic E-state index is 14.0. The van der Waals surface area contributed by atoms with E-state index < -0.39 is 12.1 Å². The van der Waals surface area contributed by atoms with Crippen molar-refractivity contribution in [3.05, 3.63) is 107 Å². The number of ether oxygens (including phenoxy) is 2. The molecule has 0 fully saturated rings. The number of unbranched alkanes of at least 4 members (excludes halogenated alkanes) is 5. The predicted molar refractivity (Wildman–Crippen MR) is 217 cm³/mol. The topological polar surface area (TPSA) is 180 Å². The van der Waals surface area contributed by atoms with Crippen molar-refractivity contribution in [1.29, 1.82) is 0 Å².